The Bertz CT molecular complexity index is 660. The average molecular weight is 286 g/mol. The van der Waals surface area contributed by atoms with Crippen LogP contribution in [-0.2, 0) is 4.79 Å². The molecule has 2 N–H and O–H groups in total. The molecule has 1 heterocycles. The molecule has 7 heteroatoms. The maximum Gasteiger partial charge on any atom is 0.311 e. The Labute approximate surface area is 120 Å². The number of carbonyl (C=O) groups excluding carboxylic acids is 1. The van der Waals surface area contributed by atoms with Gasteiger partial charge < -0.3 is 10.4 Å². The molecule has 7 nitrogen and oxygen atoms in total. The molecular formula is C14H14N4O3. The number of amides is 1. The van der Waals surface area contributed by atoms with E-state index in [1.54, 1.807) is 41.3 Å². The first-order chi connectivity index (χ1) is 10.1. The minimum Gasteiger partial charge on any atom is -0.481 e. The minimum absolute atomic E-state index is 0.173. The van der Waals surface area contributed by atoms with Gasteiger partial charge in [0, 0.05) is 12.1 Å². The van der Waals surface area contributed by atoms with Gasteiger partial charge in [-0.05, 0) is 37.1 Å². The van der Waals surface area contributed by atoms with Crippen molar-refractivity contribution in [2.24, 2.45) is 5.41 Å². The molecule has 0 atom stereocenters. The van der Waals surface area contributed by atoms with Crippen LogP contribution in [-0.4, -0.2) is 38.5 Å². The summed E-state index contributed by atoms with van der Waals surface area (Å²) < 4.78 is 1.59. The maximum absolute atomic E-state index is 12.0. The van der Waals surface area contributed by atoms with Crippen LogP contribution < -0.4 is 5.32 Å². The summed E-state index contributed by atoms with van der Waals surface area (Å²) in [5.41, 5.74) is 0.532. The van der Waals surface area contributed by atoms with E-state index in [0.29, 0.717) is 18.4 Å². The number of rotatable bonds is 5. The van der Waals surface area contributed by atoms with Crippen LogP contribution in [0.4, 0.5) is 0 Å². The van der Waals surface area contributed by atoms with Crippen LogP contribution >= 0.6 is 0 Å². The Kier molecular flexibility index (Phi) is 3.17. The highest BCUT2D eigenvalue weighted by Crippen LogP contribution is 2.45. The Morgan fingerprint density at radius 3 is 2.52 bits per heavy atom. The van der Waals surface area contributed by atoms with Crippen molar-refractivity contribution in [3.8, 4) is 5.69 Å². The first-order valence-corrected chi connectivity index (χ1v) is 6.59. The Hall–Kier alpha value is -2.70. The molecule has 0 unspecified atom stereocenters. The van der Waals surface area contributed by atoms with Crippen LogP contribution in [0.2, 0.25) is 0 Å². The molecule has 1 aliphatic carbocycles. The number of carbonyl (C=O) groups is 2. The van der Waals surface area contributed by atoms with Crippen molar-refractivity contribution in [3.63, 3.8) is 0 Å². The van der Waals surface area contributed by atoms with Gasteiger partial charge in [0.25, 0.3) is 5.91 Å². The third-order valence-corrected chi connectivity index (χ3v) is 3.71. The van der Waals surface area contributed by atoms with Gasteiger partial charge in [-0.3, -0.25) is 9.59 Å². The number of nitrogens with one attached hydrogen (secondary N) is 1. The molecule has 0 aliphatic heterocycles. The molecule has 21 heavy (non-hydrogen) atoms. The second kappa shape index (κ2) is 5.01. The monoisotopic (exact) mass is 286 g/mol. The standard InChI is InChI=1S/C14H14N4O3/c19-12(15-9-14(5-6-14)13(20)21)10-1-3-11(4-2-10)18-8-7-16-17-18/h1-4,7-8H,5-6,9H2,(H,15,19)(H,20,21). The van der Waals surface area contributed by atoms with Crippen molar-refractivity contribution in [3.05, 3.63) is 42.2 Å². The van der Waals surface area contributed by atoms with Gasteiger partial charge in [-0.25, -0.2) is 4.68 Å². The van der Waals surface area contributed by atoms with Crippen molar-refractivity contribution in [1.82, 2.24) is 20.3 Å². The molecule has 0 saturated heterocycles. The molecule has 0 spiro atoms. The lowest BCUT2D eigenvalue weighted by Crippen LogP contribution is -2.34. The van der Waals surface area contributed by atoms with Crippen molar-refractivity contribution in [2.75, 3.05) is 6.54 Å². The number of aliphatic carboxylic acids is 1. The van der Waals surface area contributed by atoms with E-state index < -0.39 is 11.4 Å². The zero-order chi connectivity index (χ0) is 14.9. The fourth-order valence-electron chi connectivity index (χ4n) is 2.08. The smallest absolute Gasteiger partial charge is 0.311 e. The summed E-state index contributed by atoms with van der Waals surface area (Å²) in [4.78, 5) is 23.0. The Morgan fingerprint density at radius 1 is 1.29 bits per heavy atom. The van der Waals surface area contributed by atoms with Crippen molar-refractivity contribution in [1.29, 1.82) is 0 Å². The topological polar surface area (TPSA) is 97.1 Å². The van der Waals surface area contributed by atoms with Crippen molar-refractivity contribution < 1.29 is 14.7 Å². The van der Waals surface area contributed by atoms with Gasteiger partial charge >= 0.3 is 5.97 Å². The molecule has 3 rings (SSSR count). The number of nitrogens with zero attached hydrogens (tertiary/aromatic N) is 3. The van der Waals surface area contributed by atoms with E-state index in [1.807, 2.05) is 0 Å². The first kappa shape index (κ1) is 13.3. The van der Waals surface area contributed by atoms with Gasteiger partial charge in [-0.15, -0.1) is 5.10 Å². The predicted octanol–water partition coefficient (Wildman–Crippen LogP) is 0.862. The molecule has 0 radical (unpaired) electrons. The number of hydrogen-bond acceptors (Lipinski definition) is 4. The lowest BCUT2D eigenvalue weighted by atomic mass is 10.1. The van der Waals surface area contributed by atoms with Gasteiger partial charge in [0.1, 0.15) is 0 Å². The molecular weight excluding hydrogens is 272 g/mol. The molecule has 1 amide bonds. The van der Waals surface area contributed by atoms with Crippen molar-refractivity contribution in [2.45, 2.75) is 12.8 Å². The highest BCUT2D eigenvalue weighted by atomic mass is 16.4. The van der Waals surface area contributed by atoms with Crippen LogP contribution in [0, 0.1) is 5.41 Å². The molecule has 1 aromatic heterocycles. The fourth-order valence-corrected chi connectivity index (χ4v) is 2.08. The summed E-state index contributed by atoms with van der Waals surface area (Å²) in [5, 5.41) is 19.3. The van der Waals surface area contributed by atoms with Crippen LogP contribution in [0.5, 0.6) is 0 Å². The van der Waals surface area contributed by atoms with E-state index in [0.717, 1.165) is 5.69 Å². The third kappa shape index (κ3) is 2.62. The number of carboxylic acids is 1. The normalized spacial score (nSPS) is 15.4. The number of aromatic nitrogens is 3. The molecule has 1 fully saturated rings. The van der Waals surface area contributed by atoms with E-state index in [2.05, 4.69) is 15.6 Å². The van der Waals surface area contributed by atoms with Gasteiger partial charge in [0.15, 0.2) is 0 Å². The third-order valence-electron chi connectivity index (χ3n) is 3.71. The minimum atomic E-state index is -0.843. The lowest BCUT2D eigenvalue weighted by Gasteiger charge is -2.11. The maximum atomic E-state index is 12.0. The zero-order valence-corrected chi connectivity index (χ0v) is 11.2. The van der Waals surface area contributed by atoms with Gasteiger partial charge in [-0.1, -0.05) is 5.21 Å². The number of hydrogen-bond donors (Lipinski definition) is 2. The molecule has 0 bridgehead atoms. The summed E-state index contributed by atoms with van der Waals surface area (Å²) in [6.45, 7) is 0.173. The summed E-state index contributed by atoms with van der Waals surface area (Å²) in [5.74, 6) is -1.11. The highest BCUT2D eigenvalue weighted by molar-refractivity contribution is 5.94. The van der Waals surface area contributed by atoms with Crippen LogP contribution in [0.3, 0.4) is 0 Å². The molecule has 2 aromatic rings. The number of carboxylic acid groups (broad SMARTS) is 1. The Balaban J connectivity index is 1.64. The molecule has 1 aliphatic rings. The summed E-state index contributed by atoms with van der Waals surface area (Å²) >= 11 is 0. The second-order valence-electron chi connectivity index (χ2n) is 5.16. The van der Waals surface area contributed by atoms with Gasteiger partial charge in [0.2, 0.25) is 0 Å². The van der Waals surface area contributed by atoms with Crippen molar-refractivity contribution >= 4 is 11.9 Å². The summed E-state index contributed by atoms with van der Waals surface area (Å²) in [6.07, 6.45) is 4.52. The molecule has 1 saturated carbocycles. The van der Waals surface area contributed by atoms with E-state index in [4.69, 9.17) is 5.11 Å². The fraction of sp³-hybridized carbons (Fsp3) is 0.286. The van der Waals surface area contributed by atoms with Crippen LogP contribution in [0.15, 0.2) is 36.7 Å². The first-order valence-electron chi connectivity index (χ1n) is 6.59. The largest absolute Gasteiger partial charge is 0.481 e. The van der Waals surface area contributed by atoms with Crippen LogP contribution in [0.25, 0.3) is 5.69 Å². The quantitative estimate of drug-likeness (QED) is 0.849. The second-order valence-corrected chi connectivity index (χ2v) is 5.16. The predicted molar refractivity (Wildman–Crippen MR) is 73.0 cm³/mol. The van der Waals surface area contributed by atoms with E-state index >= 15 is 0 Å². The average Bonchev–Trinajstić information content (AvgIpc) is 3.10. The summed E-state index contributed by atoms with van der Waals surface area (Å²) in [6, 6.07) is 6.86. The highest BCUT2D eigenvalue weighted by Gasteiger charge is 2.50. The summed E-state index contributed by atoms with van der Waals surface area (Å²) in [7, 11) is 0. The van der Waals surface area contributed by atoms with Gasteiger partial charge in [0.05, 0.1) is 23.5 Å². The molecule has 108 valence electrons. The van der Waals surface area contributed by atoms with E-state index in [-0.39, 0.29) is 12.5 Å². The van der Waals surface area contributed by atoms with E-state index in [9.17, 15) is 9.59 Å². The molecule has 1 aromatic carbocycles. The lowest BCUT2D eigenvalue weighted by molar-refractivity contribution is -0.143. The van der Waals surface area contributed by atoms with Crippen LogP contribution in [0.1, 0.15) is 23.2 Å². The number of benzene rings is 1. The zero-order valence-electron chi connectivity index (χ0n) is 11.2. The van der Waals surface area contributed by atoms with E-state index in [1.165, 1.54) is 0 Å². The Morgan fingerprint density at radius 2 is 2.00 bits per heavy atom. The van der Waals surface area contributed by atoms with Gasteiger partial charge in [-0.2, -0.15) is 0 Å². The SMILES string of the molecule is O=C(NCC1(C(=O)O)CC1)c1ccc(-n2ccnn2)cc1.